The van der Waals surface area contributed by atoms with E-state index in [4.69, 9.17) is 4.74 Å². The summed E-state index contributed by atoms with van der Waals surface area (Å²) in [5, 5.41) is 1.42. The van der Waals surface area contributed by atoms with Crippen LogP contribution in [-0.4, -0.2) is 23.2 Å². The summed E-state index contributed by atoms with van der Waals surface area (Å²) in [5.41, 5.74) is 3.64. The first-order valence-corrected chi connectivity index (χ1v) is 6.31. The molecule has 0 fully saturated rings. The van der Waals surface area contributed by atoms with Gasteiger partial charge < -0.3 is 4.74 Å². The van der Waals surface area contributed by atoms with Crippen LogP contribution in [0.4, 0.5) is 4.79 Å². The average molecular weight is 262 g/mol. The fourth-order valence-corrected chi connectivity index (χ4v) is 1.43. The number of rotatable bonds is 5. The molecule has 0 aliphatic heterocycles. The molecule has 0 radical (unpaired) electrons. The molecule has 1 aromatic carbocycles. The van der Waals surface area contributed by atoms with E-state index >= 15 is 0 Å². The second-order valence-electron chi connectivity index (χ2n) is 5.20. The third-order valence-corrected chi connectivity index (χ3v) is 2.24. The SMILES string of the molecule is C=CCN(NCc1ccccc1)C(=O)OC(C)(C)C. The first-order valence-electron chi connectivity index (χ1n) is 6.31. The van der Waals surface area contributed by atoms with Crippen molar-refractivity contribution in [3.8, 4) is 0 Å². The molecule has 4 heteroatoms. The van der Waals surface area contributed by atoms with Crippen LogP contribution in [0.15, 0.2) is 43.0 Å². The monoisotopic (exact) mass is 262 g/mol. The lowest BCUT2D eigenvalue weighted by Gasteiger charge is -2.27. The van der Waals surface area contributed by atoms with Gasteiger partial charge in [0.25, 0.3) is 0 Å². The van der Waals surface area contributed by atoms with Crippen molar-refractivity contribution in [2.45, 2.75) is 32.9 Å². The first kappa shape index (κ1) is 15.2. The molecule has 0 aliphatic carbocycles. The van der Waals surface area contributed by atoms with Crippen LogP contribution in [0.5, 0.6) is 0 Å². The van der Waals surface area contributed by atoms with Crippen LogP contribution in [0.1, 0.15) is 26.3 Å². The zero-order valence-electron chi connectivity index (χ0n) is 11.8. The van der Waals surface area contributed by atoms with Crippen molar-refractivity contribution in [3.05, 3.63) is 48.6 Å². The van der Waals surface area contributed by atoms with Crippen LogP contribution in [0.25, 0.3) is 0 Å². The summed E-state index contributed by atoms with van der Waals surface area (Å²) in [6.45, 7) is 10.1. The minimum atomic E-state index is -0.509. The minimum absolute atomic E-state index is 0.391. The van der Waals surface area contributed by atoms with Crippen LogP contribution >= 0.6 is 0 Å². The predicted molar refractivity (Wildman–Crippen MR) is 76.4 cm³/mol. The molecule has 0 spiro atoms. The van der Waals surface area contributed by atoms with Gasteiger partial charge in [-0.05, 0) is 26.3 Å². The fraction of sp³-hybridized carbons (Fsp3) is 0.400. The number of carbonyl (C=O) groups is 1. The lowest BCUT2D eigenvalue weighted by Crippen LogP contribution is -2.45. The molecule has 1 amide bonds. The average Bonchev–Trinajstić information content (AvgIpc) is 2.33. The van der Waals surface area contributed by atoms with E-state index < -0.39 is 11.7 Å². The van der Waals surface area contributed by atoms with E-state index in [0.717, 1.165) is 5.56 Å². The molecule has 0 saturated heterocycles. The number of hydrogen-bond donors (Lipinski definition) is 1. The topological polar surface area (TPSA) is 41.6 Å². The molecule has 0 aromatic heterocycles. The van der Waals surface area contributed by atoms with Crippen molar-refractivity contribution >= 4 is 6.09 Å². The summed E-state index contributed by atoms with van der Waals surface area (Å²) >= 11 is 0. The zero-order valence-corrected chi connectivity index (χ0v) is 11.8. The van der Waals surface area contributed by atoms with Crippen molar-refractivity contribution in [2.24, 2.45) is 0 Å². The summed E-state index contributed by atoms with van der Waals surface area (Å²) in [6, 6.07) is 9.87. The zero-order chi connectivity index (χ0) is 14.3. The molecule has 1 aromatic rings. The number of ether oxygens (including phenoxy) is 1. The van der Waals surface area contributed by atoms with Gasteiger partial charge in [-0.1, -0.05) is 36.4 Å². The smallest absolute Gasteiger partial charge is 0.425 e. The number of carbonyl (C=O) groups excluding carboxylic acids is 1. The molecule has 0 atom stereocenters. The Kier molecular flexibility index (Phi) is 5.57. The lowest BCUT2D eigenvalue weighted by molar-refractivity contribution is 0.0160. The predicted octanol–water partition coefficient (Wildman–Crippen LogP) is 3.11. The molecule has 104 valence electrons. The van der Waals surface area contributed by atoms with Crippen LogP contribution < -0.4 is 5.43 Å². The molecule has 1 rings (SSSR count). The molecule has 1 N–H and O–H groups in total. The number of benzene rings is 1. The summed E-state index contributed by atoms with van der Waals surface area (Å²) in [4.78, 5) is 12.0. The Balaban J connectivity index is 2.57. The number of nitrogens with zero attached hydrogens (tertiary/aromatic N) is 1. The first-order chi connectivity index (χ1) is 8.92. The highest BCUT2D eigenvalue weighted by Gasteiger charge is 2.21. The van der Waals surface area contributed by atoms with Gasteiger partial charge in [0.05, 0.1) is 6.54 Å². The highest BCUT2D eigenvalue weighted by molar-refractivity contribution is 5.67. The second-order valence-corrected chi connectivity index (χ2v) is 5.20. The summed E-state index contributed by atoms with van der Waals surface area (Å²) in [6.07, 6.45) is 1.25. The van der Waals surface area contributed by atoms with E-state index in [1.165, 1.54) is 5.01 Å². The largest absolute Gasteiger partial charge is 0.443 e. The van der Waals surface area contributed by atoms with Crippen molar-refractivity contribution in [1.82, 2.24) is 10.4 Å². The summed E-state index contributed by atoms with van der Waals surface area (Å²) < 4.78 is 5.32. The maximum Gasteiger partial charge on any atom is 0.425 e. The number of amides is 1. The van der Waals surface area contributed by atoms with Gasteiger partial charge in [-0.2, -0.15) is 0 Å². The number of hydrogen-bond acceptors (Lipinski definition) is 3. The molecule has 0 heterocycles. The van der Waals surface area contributed by atoms with E-state index in [1.807, 2.05) is 51.1 Å². The Labute approximate surface area is 115 Å². The van der Waals surface area contributed by atoms with Gasteiger partial charge in [-0.15, -0.1) is 6.58 Å². The van der Waals surface area contributed by atoms with E-state index in [-0.39, 0.29) is 0 Å². The van der Waals surface area contributed by atoms with Gasteiger partial charge in [-0.25, -0.2) is 15.2 Å². The normalized spacial score (nSPS) is 10.9. The van der Waals surface area contributed by atoms with Crippen molar-refractivity contribution in [2.75, 3.05) is 6.54 Å². The molecule has 0 aliphatic rings. The maximum atomic E-state index is 12.0. The van der Waals surface area contributed by atoms with Gasteiger partial charge in [0.15, 0.2) is 0 Å². The van der Waals surface area contributed by atoms with Gasteiger partial charge in [0, 0.05) is 6.54 Å². The van der Waals surface area contributed by atoms with E-state index in [2.05, 4.69) is 12.0 Å². The summed E-state index contributed by atoms with van der Waals surface area (Å²) in [5.74, 6) is 0. The Morgan fingerprint density at radius 1 is 1.37 bits per heavy atom. The van der Waals surface area contributed by atoms with Gasteiger partial charge in [0.1, 0.15) is 5.60 Å². The standard InChI is InChI=1S/C15H22N2O2/c1-5-11-17(14(18)19-15(2,3)4)16-12-13-9-7-6-8-10-13/h5-10,16H,1,11-12H2,2-4H3. The lowest BCUT2D eigenvalue weighted by atomic mass is 10.2. The van der Waals surface area contributed by atoms with Crippen molar-refractivity contribution < 1.29 is 9.53 Å². The molecular formula is C15H22N2O2. The fourth-order valence-electron chi connectivity index (χ4n) is 1.43. The third-order valence-electron chi connectivity index (χ3n) is 2.24. The van der Waals surface area contributed by atoms with Crippen LogP contribution in [-0.2, 0) is 11.3 Å². The van der Waals surface area contributed by atoms with E-state index in [9.17, 15) is 4.79 Å². The Bertz CT molecular complexity index is 410. The molecular weight excluding hydrogens is 240 g/mol. The van der Waals surface area contributed by atoms with Crippen LogP contribution in [0, 0.1) is 0 Å². The molecule has 0 bridgehead atoms. The van der Waals surface area contributed by atoms with Gasteiger partial charge >= 0.3 is 6.09 Å². The van der Waals surface area contributed by atoms with Gasteiger partial charge in [-0.3, -0.25) is 0 Å². The number of nitrogens with one attached hydrogen (secondary N) is 1. The highest BCUT2D eigenvalue weighted by atomic mass is 16.6. The highest BCUT2D eigenvalue weighted by Crippen LogP contribution is 2.09. The quantitative estimate of drug-likeness (QED) is 0.655. The third kappa shape index (κ3) is 6.06. The maximum absolute atomic E-state index is 12.0. The molecule has 19 heavy (non-hydrogen) atoms. The van der Waals surface area contributed by atoms with E-state index in [0.29, 0.717) is 13.1 Å². The molecule has 0 saturated carbocycles. The Hall–Kier alpha value is -1.81. The van der Waals surface area contributed by atoms with Gasteiger partial charge in [0.2, 0.25) is 0 Å². The van der Waals surface area contributed by atoms with Crippen molar-refractivity contribution in [1.29, 1.82) is 0 Å². The van der Waals surface area contributed by atoms with E-state index in [1.54, 1.807) is 6.08 Å². The minimum Gasteiger partial charge on any atom is -0.443 e. The second kappa shape index (κ2) is 6.95. The van der Waals surface area contributed by atoms with Crippen LogP contribution in [0.2, 0.25) is 0 Å². The Morgan fingerprint density at radius 3 is 2.53 bits per heavy atom. The molecule has 0 unspecified atom stereocenters. The number of hydrazine groups is 1. The summed E-state index contributed by atoms with van der Waals surface area (Å²) in [7, 11) is 0. The molecule has 4 nitrogen and oxygen atoms in total. The Morgan fingerprint density at radius 2 is 2.00 bits per heavy atom. The van der Waals surface area contributed by atoms with Crippen LogP contribution in [0.3, 0.4) is 0 Å². The van der Waals surface area contributed by atoms with Crippen molar-refractivity contribution in [3.63, 3.8) is 0 Å².